The summed E-state index contributed by atoms with van der Waals surface area (Å²) in [6, 6.07) is 0. The van der Waals surface area contributed by atoms with Crippen molar-refractivity contribution in [1.82, 2.24) is 5.16 Å². The average molecular weight is 236 g/mol. The summed E-state index contributed by atoms with van der Waals surface area (Å²) in [6.07, 6.45) is 0.834. The van der Waals surface area contributed by atoms with Crippen LogP contribution in [-0.2, 0) is 10.6 Å². The highest BCUT2D eigenvalue weighted by molar-refractivity contribution is 8.13. The van der Waals surface area contributed by atoms with E-state index in [1.54, 1.807) is 11.8 Å². The Morgan fingerprint density at radius 2 is 2.25 bits per heavy atom. The molecule has 1 aromatic rings. The van der Waals surface area contributed by atoms with E-state index in [0.29, 0.717) is 11.3 Å². The van der Waals surface area contributed by atoms with Crippen LogP contribution in [0.3, 0.4) is 0 Å². The molecule has 0 unspecified atom stereocenters. The fourth-order valence-electron chi connectivity index (χ4n) is 1.35. The molecule has 0 saturated carbocycles. The van der Waals surface area contributed by atoms with Crippen LogP contribution in [0.2, 0.25) is 0 Å². The predicted molar refractivity (Wildman–Crippen MR) is 65.1 cm³/mol. The fourth-order valence-corrected chi connectivity index (χ4v) is 2.45. The minimum absolute atomic E-state index is 0.183. The summed E-state index contributed by atoms with van der Waals surface area (Å²) < 4.78 is 5.12. The van der Waals surface area contributed by atoms with Crippen molar-refractivity contribution in [3.05, 3.63) is 11.3 Å². The van der Waals surface area contributed by atoms with Gasteiger partial charge in [0.2, 0.25) is 0 Å². The number of oxime groups is 1. The van der Waals surface area contributed by atoms with E-state index in [-0.39, 0.29) is 5.60 Å². The molecule has 1 aliphatic heterocycles. The molecule has 1 aliphatic rings. The molecule has 0 fully saturated rings. The van der Waals surface area contributed by atoms with Crippen LogP contribution < -0.4 is 5.59 Å². The number of hydrogen-bond donors (Lipinski definition) is 0. The molecule has 2 heterocycles. The molecule has 0 atom stereocenters. The van der Waals surface area contributed by atoms with Crippen LogP contribution in [0, 0.1) is 6.92 Å². The second kappa shape index (κ2) is 4.16. The highest BCUT2D eigenvalue weighted by Gasteiger charge is 2.29. The van der Waals surface area contributed by atoms with Crippen LogP contribution in [0.4, 0.5) is 0 Å². The first kappa shape index (κ1) is 11.6. The normalized spacial score (nSPS) is 18.3. The molecule has 0 N–H and O–H groups in total. The first-order valence-corrected chi connectivity index (χ1v) is 6.05. The van der Waals surface area contributed by atoms with E-state index in [0.717, 1.165) is 22.8 Å². The number of hydrogen-bond acceptors (Lipinski definition) is 5. The van der Waals surface area contributed by atoms with Gasteiger partial charge in [-0.15, -0.1) is 0 Å². The molecular formula is C10H13BN2O2S. The largest absolute Gasteiger partial charge is 0.389 e. The van der Waals surface area contributed by atoms with Crippen LogP contribution in [-0.4, -0.2) is 23.6 Å². The summed E-state index contributed by atoms with van der Waals surface area (Å²) in [5, 5.41) is 8.72. The van der Waals surface area contributed by atoms with Gasteiger partial charge < -0.3 is 9.36 Å². The van der Waals surface area contributed by atoms with Gasteiger partial charge in [0, 0.05) is 17.6 Å². The van der Waals surface area contributed by atoms with Crippen LogP contribution in [0.15, 0.2) is 9.68 Å². The smallest absolute Gasteiger partial charge is 0.149 e. The Hall–Kier alpha value is -0.905. The van der Waals surface area contributed by atoms with Gasteiger partial charge in [0.05, 0.1) is 5.75 Å². The third kappa shape index (κ3) is 2.43. The molecule has 0 amide bonds. The Morgan fingerprint density at radius 3 is 2.75 bits per heavy atom. The Bertz CT molecular complexity index is 428. The van der Waals surface area contributed by atoms with E-state index in [1.165, 1.54) is 0 Å². The van der Waals surface area contributed by atoms with Crippen molar-refractivity contribution >= 4 is 30.2 Å². The fraction of sp³-hybridized carbons (Fsp3) is 0.600. The molecule has 0 aliphatic carbocycles. The lowest BCUT2D eigenvalue weighted by Crippen LogP contribution is -2.18. The molecule has 6 heteroatoms. The molecule has 0 aromatic carbocycles. The summed E-state index contributed by atoms with van der Waals surface area (Å²) in [7, 11) is 5.60. The van der Waals surface area contributed by atoms with Crippen molar-refractivity contribution in [2.45, 2.75) is 38.5 Å². The zero-order valence-electron chi connectivity index (χ0n) is 9.61. The van der Waals surface area contributed by atoms with Gasteiger partial charge in [-0.1, -0.05) is 22.1 Å². The van der Waals surface area contributed by atoms with Gasteiger partial charge in [-0.05, 0) is 20.8 Å². The van der Waals surface area contributed by atoms with Crippen LogP contribution in [0.1, 0.15) is 31.6 Å². The SMILES string of the molecule is [B]c1noc(CSC2=NOC(C)(C)C2)c1C. The molecule has 84 valence electrons. The summed E-state index contributed by atoms with van der Waals surface area (Å²) in [5.41, 5.74) is 1.18. The van der Waals surface area contributed by atoms with Crippen molar-refractivity contribution in [3.8, 4) is 0 Å². The van der Waals surface area contributed by atoms with E-state index in [1.807, 2.05) is 20.8 Å². The molecule has 0 spiro atoms. The van der Waals surface area contributed by atoms with Gasteiger partial charge >= 0.3 is 0 Å². The maximum absolute atomic E-state index is 5.60. The molecule has 4 nitrogen and oxygen atoms in total. The zero-order chi connectivity index (χ0) is 11.8. The lowest BCUT2D eigenvalue weighted by Gasteiger charge is -2.12. The van der Waals surface area contributed by atoms with Crippen molar-refractivity contribution in [3.63, 3.8) is 0 Å². The Balaban J connectivity index is 1.92. The molecule has 2 rings (SSSR count). The molecule has 0 saturated heterocycles. The van der Waals surface area contributed by atoms with Gasteiger partial charge in [-0.2, -0.15) is 0 Å². The van der Waals surface area contributed by atoms with Crippen molar-refractivity contribution in [2.24, 2.45) is 5.16 Å². The number of thioether (sulfide) groups is 1. The van der Waals surface area contributed by atoms with Crippen molar-refractivity contribution in [2.75, 3.05) is 0 Å². The summed E-state index contributed by atoms with van der Waals surface area (Å²) in [4.78, 5) is 5.27. The van der Waals surface area contributed by atoms with Crippen molar-refractivity contribution in [1.29, 1.82) is 0 Å². The average Bonchev–Trinajstić information content (AvgIpc) is 2.70. The highest BCUT2D eigenvalue weighted by Crippen LogP contribution is 2.29. The number of aromatic nitrogens is 1. The van der Waals surface area contributed by atoms with Gasteiger partial charge in [-0.25, -0.2) is 0 Å². The van der Waals surface area contributed by atoms with E-state index < -0.39 is 0 Å². The Morgan fingerprint density at radius 1 is 1.50 bits per heavy atom. The molecular weight excluding hydrogens is 223 g/mol. The summed E-state index contributed by atoms with van der Waals surface area (Å²) in [5.74, 6) is 1.49. The minimum Gasteiger partial charge on any atom is -0.389 e. The maximum atomic E-state index is 5.60. The number of nitrogens with zero attached hydrogens (tertiary/aromatic N) is 2. The Kier molecular flexibility index (Phi) is 3.01. The Labute approximate surface area is 100 Å². The van der Waals surface area contributed by atoms with Crippen molar-refractivity contribution < 1.29 is 9.36 Å². The third-order valence-electron chi connectivity index (χ3n) is 2.40. The monoisotopic (exact) mass is 236 g/mol. The number of rotatable bonds is 2. The zero-order valence-corrected chi connectivity index (χ0v) is 10.4. The molecule has 0 bridgehead atoms. The van der Waals surface area contributed by atoms with Gasteiger partial charge in [0.1, 0.15) is 24.3 Å². The van der Waals surface area contributed by atoms with E-state index in [2.05, 4.69) is 10.3 Å². The minimum atomic E-state index is -0.183. The van der Waals surface area contributed by atoms with Crippen LogP contribution >= 0.6 is 11.8 Å². The maximum Gasteiger partial charge on any atom is 0.149 e. The van der Waals surface area contributed by atoms with Crippen LogP contribution in [0.25, 0.3) is 0 Å². The lowest BCUT2D eigenvalue weighted by molar-refractivity contribution is 0.0123. The second-order valence-corrected chi connectivity index (χ2v) is 5.47. The standard InChI is InChI=1S/C10H13BN2O2S/c1-6-7(14-13-9(6)11)5-16-8-4-10(2,3)15-12-8/h4-5H2,1-3H3. The predicted octanol–water partition coefficient (Wildman–Crippen LogP) is 1.52. The van der Waals surface area contributed by atoms with E-state index in [4.69, 9.17) is 17.2 Å². The van der Waals surface area contributed by atoms with Gasteiger partial charge in [-0.3, -0.25) is 0 Å². The second-order valence-electron chi connectivity index (χ2n) is 4.42. The first-order valence-electron chi connectivity index (χ1n) is 5.06. The van der Waals surface area contributed by atoms with E-state index in [9.17, 15) is 0 Å². The summed E-state index contributed by atoms with van der Waals surface area (Å²) in [6.45, 7) is 5.93. The van der Waals surface area contributed by atoms with E-state index >= 15 is 0 Å². The van der Waals surface area contributed by atoms with Gasteiger partial charge in [0.15, 0.2) is 0 Å². The third-order valence-corrected chi connectivity index (χ3v) is 3.36. The topological polar surface area (TPSA) is 47.6 Å². The highest BCUT2D eigenvalue weighted by atomic mass is 32.2. The quantitative estimate of drug-likeness (QED) is 0.730. The summed E-state index contributed by atoms with van der Waals surface area (Å²) >= 11 is 1.60. The molecule has 16 heavy (non-hydrogen) atoms. The molecule has 1 aromatic heterocycles. The lowest BCUT2D eigenvalue weighted by atomic mass is 10.00. The first-order chi connectivity index (χ1) is 7.48. The molecule has 2 radical (unpaired) electrons. The van der Waals surface area contributed by atoms with Gasteiger partial charge in [0.25, 0.3) is 0 Å². The van der Waals surface area contributed by atoms with Crippen LogP contribution in [0.5, 0.6) is 0 Å².